The molecule has 0 aliphatic carbocycles. The minimum Gasteiger partial charge on any atom is -0.383 e. The third kappa shape index (κ3) is 3.19. The number of methoxy groups -OCH3 is 1. The lowest BCUT2D eigenvalue weighted by Crippen LogP contribution is -2.24. The van der Waals surface area contributed by atoms with Crippen LogP contribution in [-0.4, -0.2) is 33.7 Å². The lowest BCUT2D eigenvalue weighted by molar-refractivity contribution is 0.0951. The third-order valence-electron chi connectivity index (χ3n) is 4.88. The number of aromatic nitrogens is 3. The van der Waals surface area contributed by atoms with E-state index in [0.29, 0.717) is 18.7 Å². The summed E-state index contributed by atoms with van der Waals surface area (Å²) in [4.78, 5) is 17.4. The number of hydrogen-bond donors (Lipinski definition) is 1. The second-order valence-corrected chi connectivity index (χ2v) is 6.50. The number of imidazole rings is 1. The molecule has 2 heterocycles. The van der Waals surface area contributed by atoms with Gasteiger partial charge in [0.15, 0.2) is 0 Å². The van der Waals surface area contributed by atoms with Crippen molar-refractivity contribution in [2.75, 3.05) is 13.7 Å². The molecule has 138 valence electrons. The number of rotatable bonds is 6. The second kappa shape index (κ2) is 7.25. The number of amides is 1. The minimum absolute atomic E-state index is 0.0999. The Kier molecular flexibility index (Phi) is 4.64. The average molecular weight is 362 g/mol. The summed E-state index contributed by atoms with van der Waals surface area (Å²) in [6.45, 7) is 1.77. The molecule has 27 heavy (non-hydrogen) atoms. The summed E-state index contributed by atoms with van der Waals surface area (Å²) in [7, 11) is 3.65. The van der Waals surface area contributed by atoms with Crippen LogP contribution in [0.4, 0.5) is 0 Å². The SMILES string of the molecule is COCCn1ccc2c(C(=O)NCc3nc4ccccc4n3C)cccc21. The number of nitrogens with one attached hydrogen (secondary N) is 1. The molecule has 0 saturated heterocycles. The summed E-state index contributed by atoms with van der Waals surface area (Å²) < 4.78 is 9.27. The van der Waals surface area contributed by atoms with E-state index < -0.39 is 0 Å². The summed E-state index contributed by atoms with van der Waals surface area (Å²) in [6, 6.07) is 15.7. The fourth-order valence-corrected chi connectivity index (χ4v) is 3.41. The maximum atomic E-state index is 12.8. The predicted octanol–water partition coefficient (Wildman–Crippen LogP) is 3.10. The van der Waals surface area contributed by atoms with Gasteiger partial charge < -0.3 is 19.2 Å². The number of para-hydroxylation sites is 2. The molecular weight excluding hydrogens is 340 g/mol. The van der Waals surface area contributed by atoms with Gasteiger partial charge in [-0.15, -0.1) is 0 Å². The number of carbonyl (C=O) groups is 1. The van der Waals surface area contributed by atoms with E-state index >= 15 is 0 Å². The van der Waals surface area contributed by atoms with Crippen LogP contribution < -0.4 is 5.32 Å². The van der Waals surface area contributed by atoms with Crippen molar-refractivity contribution in [1.29, 1.82) is 0 Å². The van der Waals surface area contributed by atoms with E-state index in [4.69, 9.17) is 4.74 Å². The van der Waals surface area contributed by atoms with Crippen molar-refractivity contribution in [1.82, 2.24) is 19.4 Å². The minimum atomic E-state index is -0.0999. The topological polar surface area (TPSA) is 61.1 Å². The van der Waals surface area contributed by atoms with E-state index in [0.717, 1.165) is 34.3 Å². The molecule has 2 aromatic carbocycles. The first-order valence-corrected chi connectivity index (χ1v) is 8.94. The predicted molar refractivity (Wildman–Crippen MR) is 106 cm³/mol. The Morgan fingerprint density at radius 3 is 2.74 bits per heavy atom. The van der Waals surface area contributed by atoms with Crippen LogP contribution in [-0.2, 0) is 24.9 Å². The van der Waals surface area contributed by atoms with Gasteiger partial charge >= 0.3 is 0 Å². The zero-order valence-electron chi connectivity index (χ0n) is 15.5. The van der Waals surface area contributed by atoms with Crippen LogP contribution in [0.2, 0.25) is 0 Å². The summed E-state index contributed by atoms with van der Waals surface area (Å²) in [6.07, 6.45) is 1.99. The molecule has 6 heteroatoms. The van der Waals surface area contributed by atoms with Crippen LogP contribution in [0.25, 0.3) is 21.9 Å². The summed E-state index contributed by atoms with van der Waals surface area (Å²) in [5, 5.41) is 3.95. The van der Waals surface area contributed by atoms with Crippen molar-refractivity contribution in [2.24, 2.45) is 7.05 Å². The molecule has 6 nitrogen and oxygen atoms in total. The maximum Gasteiger partial charge on any atom is 0.252 e. The van der Waals surface area contributed by atoms with Gasteiger partial charge in [-0.2, -0.15) is 0 Å². The molecular formula is C21H22N4O2. The Morgan fingerprint density at radius 2 is 1.93 bits per heavy atom. The number of fused-ring (bicyclic) bond motifs is 2. The van der Waals surface area contributed by atoms with Gasteiger partial charge in [0.1, 0.15) is 5.82 Å². The third-order valence-corrected chi connectivity index (χ3v) is 4.88. The quantitative estimate of drug-likeness (QED) is 0.573. The lowest BCUT2D eigenvalue weighted by atomic mass is 10.1. The highest BCUT2D eigenvalue weighted by molar-refractivity contribution is 6.06. The van der Waals surface area contributed by atoms with Gasteiger partial charge in [-0.1, -0.05) is 18.2 Å². The summed E-state index contributed by atoms with van der Waals surface area (Å²) in [5.41, 5.74) is 3.69. The number of aryl methyl sites for hydroxylation is 1. The van der Waals surface area contributed by atoms with Crippen molar-refractivity contribution >= 4 is 27.8 Å². The van der Waals surface area contributed by atoms with Gasteiger partial charge in [0.25, 0.3) is 5.91 Å². The first-order valence-electron chi connectivity index (χ1n) is 8.94. The molecule has 0 radical (unpaired) electrons. The van der Waals surface area contributed by atoms with Crippen molar-refractivity contribution in [3.63, 3.8) is 0 Å². The van der Waals surface area contributed by atoms with Crippen LogP contribution in [0.15, 0.2) is 54.7 Å². The van der Waals surface area contributed by atoms with Crippen LogP contribution in [0.1, 0.15) is 16.2 Å². The largest absolute Gasteiger partial charge is 0.383 e. The highest BCUT2D eigenvalue weighted by Crippen LogP contribution is 2.21. The van der Waals surface area contributed by atoms with Crippen LogP contribution >= 0.6 is 0 Å². The van der Waals surface area contributed by atoms with Crippen molar-refractivity contribution in [3.05, 3.63) is 66.1 Å². The number of nitrogens with zero attached hydrogens (tertiary/aromatic N) is 3. The van der Waals surface area contributed by atoms with E-state index in [9.17, 15) is 4.79 Å². The standard InChI is InChI=1S/C21H22N4O2/c1-24-19-8-4-3-7-17(19)23-20(24)14-22-21(26)16-6-5-9-18-15(16)10-11-25(18)12-13-27-2/h3-11H,12-14H2,1-2H3,(H,22,26). The number of hydrogen-bond acceptors (Lipinski definition) is 3. The molecule has 0 aliphatic heterocycles. The van der Waals surface area contributed by atoms with Gasteiger partial charge in [0, 0.05) is 43.4 Å². The molecule has 0 aliphatic rings. The van der Waals surface area contributed by atoms with Gasteiger partial charge in [0.2, 0.25) is 0 Å². The molecule has 0 bridgehead atoms. The van der Waals surface area contributed by atoms with E-state index in [1.54, 1.807) is 7.11 Å². The normalized spacial score (nSPS) is 11.3. The van der Waals surface area contributed by atoms with Gasteiger partial charge in [-0.05, 0) is 30.3 Å². The molecule has 0 fully saturated rings. The van der Waals surface area contributed by atoms with Gasteiger partial charge in [-0.3, -0.25) is 4.79 Å². The fourth-order valence-electron chi connectivity index (χ4n) is 3.41. The summed E-state index contributed by atoms with van der Waals surface area (Å²) >= 11 is 0. The smallest absolute Gasteiger partial charge is 0.252 e. The molecule has 0 saturated carbocycles. The van der Waals surface area contributed by atoms with Gasteiger partial charge in [0.05, 0.1) is 24.2 Å². The van der Waals surface area contributed by atoms with E-state index in [-0.39, 0.29) is 5.91 Å². The number of benzene rings is 2. The van der Waals surface area contributed by atoms with Crippen molar-refractivity contribution < 1.29 is 9.53 Å². The van der Waals surface area contributed by atoms with E-state index in [1.165, 1.54) is 0 Å². The Hall–Kier alpha value is -3.12. The Labute approximate surface area is 157 Å². The molecule has 4 aromatic rings. The Balaban J connectivity index is 1.56. The molecule has 4 rings (SSSR count). The molecule has 1 amide bonds. The van der Waals surface area contributed by atoms with Crippen molar-refractivity contribution in [2.45, 2.75) is 13.1 Å². The molecule has 1 N–H and O–H groups in total. The highest BCUT2D eigenvalue weighted by Gasteiger charge is 2.14. The zero-order valence-corrected chi connectivity index (χ0v) is 15.5. The van der Waals surface area contributed by atoms with Crippen LogP contribution in [0, 0.1) is 0 Å². The zero-order chi connectivity index (χ0) is 18.8. The monoisotopic (exact) mass is 362 g/mol. The Morgan fingerprint density at radius 1 is 1.11 bits per heavy atom. The second-order valence-electron chi connectivity index (χ2n) is 6.50. The first-order chi connectivity index (χ1) is 13.2. The molecule has 2 aromatic heterocycles. The van der Waals surface area contributed by atoms with E-state index in [2.05, 4.69) is 14.9 Å². The lowest BCUT2D eigenvalue weighted by Gasteiger charge is -2.08. The molecule has 0 atom stereocenters. The van der Waals surface area contributed by atoms with Crippen LogP contribution in [0.3, 0.4) is 0 Å². The molecule has 0 spiro atoms. The summed E-state index contributed by atoms with van der Waals surface area (Å²) in [5.74, 6) is 0.728. The van der Waals surface area contributed by atoms with E-state index in [1.807, 2.05) is 66.3 Å². The molecule has 0 unspecified atom stereocenters. The average Bonchev–Trinajstić information content (AvgIpc) is 3.25. The van der Waals surface area contributed by atoms with Gasteiger partial charge in [-0.25, -0.2) is 4.98 Å². The highest BCUT2D eigenvalue weighted by atomic mass is 16.5. The van der Waals surface area contributed by atoms with Crippen LogP contribution in [0.5, 0.6) is 0 Å². The fraction of sp³-hybridized carbons (Fsp3) is 0.238. The maximum absolute atomic E-state index is 12.8. The van der Waals surface area contributed by atoms with Crippen molar-refractivity contribution in [3.8, 4) is 0 Å². The Bertz CT molecular complexity index is 1110. The number of carbonyl (C=O) groups excluding carboxylic acids is 1. The first kappa shape index (κ1) is 17.3. The number of ether oxygens (including phenoxy) is 1.